The molecule has 0 saturated carbocycles. The van der Waals surface area contributed by atoms with Gasteiger partial charge in [-0.05, 0) is 23.9 Å². The molecular formula is C7H11NS2. The molecule has 0 amide bonds. The van der Waals surface area contributed by atoms with E-state index in [2.05, 4.69) is 31.0 Å². The van der Waals surface area contributed by atoms with E-state index in [1.807, 2.05) is 0 Å². The molecule has 0 aromatic carbocycles. The van der Waals surface area contributed by atoms with E-state index < -0.39 is 0 Å². The summed E-state index contributed by atoms with van der Waals surface area (Å²) in [5, 5.41) is 2.30. The molecule has 1 aromatic rings. The molecule has 0 bridgehead atoms. The molecule has 0 radical (unpaired) electrons. The second-order valence-corrected chi connectivity index (χ2v) is 3.79. The third-order valence-electron chi connectivity index (χ3n) is 1.43. The predicted molar refractivity (Wildman–Crippen MR) is 49.8 cm³/mol. The van der Waals surface area contributed by atoms with Gasteiger partial charge in [-0.25, -0.2) is 0 Å². The highest BCUT2D eigenvalue weighted by Gasteiger charge is 2.07. The quantitative estimate of drug-likeness (QED) is 0.657. The van der Waals surface area contributed by atoms with Gasteiger partial charge in [0.15, 0.2) is 0 Å². The van der Waals surface area contributed by atoms with E-state index in [-0.39, 0.29) is 5.25 Å². The van der Waals surface area contributed by atoms with Crippen LogP contribution in [0.1, 0.15) is 15.7 Å². The van der Waals surface area contributed by atoms with E-state index in [0.717, 1.165) is 0 Å². The summed E-state index contributed by atoms with van der Waals surface area (Å²) in [4.78, 5) is 1.30. The summed E-state index contributed by atoms with van der Waals surface area (Å²) in [6, 6.07) is 2.10. The van der Waals surface area contributed by atoms with Crippen LogP contribution in [-0.4, -0.2) is 6.54 Å². The molecule has 1 heterocycles. The zero-order valence-electron chi connectivity index (χ0n) is 5.87. The Morgan fingerprint density at radius 3 is 2.90 bits per heavy atom. The Kier molecular flexibility index (Phi) is 2.77. The average molecular weight is 173 g/mol. The van der Waals surface area contributed by atoms with Crippen LogP contribution in [0.25, 0.3) is 0 Å². The van der Waals surface area contributed by atoms with Crippen molar-refractivity contribution in [1.29, 1.82) is 0 Å². The molecule has 56 valence electrons. The van der Waals surface area contributed by atoms with Crippen molar-refractivity contribution in [1.82, 2.24) is 0 Å². The Bertz CT molecular complexity index is 207. The molecular weight excluding hydrogens is 162 g/mol. The van der Waals surface area contributed by atoms with Crippen LogP contribution in [0.3, 0.4) is 0 Å². The molecule has 1 unspecified atom stereocenters. The Morgan fingerprint density at radius 2 is 2.50 bits per heavy atom. The summed E-state index contributed by atoms with van der Waals surface area (Å²) in [6.45, 7) is 2.70. The van der Waals surface area contributed by atoms with Crippen LogP contribution in [0.2, 0.25) is 0 Å². The van der Waals surface area contributed by atoms with E-state index >= 15 is 0 Å². The first kappa shape index (κ1) is 8.11. The fraction of sp³-hybridized carbons (Fsp3) is 0.429. The average Bonchev–Trinajstić information content (AvgIpc) is 2.34. The van der Waals surface area contributed by atoms with E-state index in [4.69, 9.17) is 5.73 Å². The molecule has 0 aliphatic heterocycles. The monoisotopic (exact) mass is 173 g/mol. The number of hydrogen-bond acceptors (Lipinski definition) is 3. The van der Waals surface area contributed by atoms with E-state index in [1.165, 1.54) is 10.4 Å². The third-order valence-corrected chi connectivity index (χ3v) is 3.20. The maximum absolute atomic E-state index is 5.46. The van der Waals surface area contributed by atoms with Crippen molar-refractivity contribution in [3.05, 3.63) is 21.9 Å². The Morgan fingerprint density at radius 1 is 1.80 bits per heavy atom. The standard InChI is InChI=1S/C7H11NS2/c1-5-2-3-10-7(5)6(9)4-8/h2-3,6,9H,4,8H2,1H3. The molecule has 2 N–H and O–H groups in total. The van der Waals surface area contributed by atoms with Crippen LogP contribution in [0.15, 0.2) is 11.4 Å². The Hall–Kier alpha value is 0.01000. The highest BCUT2D eigenvalue weighted by molar-refractivity contribution is 7.80. The molecule has 3 heteroatoms. The molecule has 10 heavy (non-hydrogen) atoms. The second kappa shape index (κ2) is 3.42. The molecule has 0 aliphatic rings. The van der Waals surface area contributed by atoms with Gasteiger partial charge < -0.3 is 5.73 Å². The van der Waals surface area contributed by atoms with Crippen LogP contribution < -0.4 is 5.73 Å². The number of hydrogen-bond donors (Lipinski definition) is 2. The molecule has 1 atom stereocenters. The van der Waals surface area contributed by atoms with Gasteiger partial charge in [0.2, 0.25) is 0 Å². The fourth-order valence-electron chi connectivity index (χ4n) is 0.833. The van der Waals surface area contributed by atoms with Gasteiger partial charge >= 0.3 is 0 Å². The summed E-state index contributed by atoms with van der Waals surface area (Å²) >= 11 is 6.07. The first-order chi connectivity index (χ1) is 4.75. The highest BCUT2D eigenvalue weighted by Crippen LogP contribution is 2.27. The van der Waals surface area contributed by atoms with E-state index in [1.54, 1.807) is 11.3 Å². The molecule has 0 aliphatic carbocycles. The summed E-state index contributed by atoms with van der Waals surface area (Å²) in [6.07, 6.45) is 0. The van der Waals surface area contributed by atoms with Crippen molar-refractivity contribution >= 4 is 24.0 Å². The van der Waals surface area contributed by atoms with Gasteiger partial charge in [-0.3, -0.25) is 0 Å². The number of thiophene rings is 1. The molecule has 1 aromatic heterocycles. The SMILES string of the molecule is Cc1ccsc1C(S)CN. The van der Waals surface area contributed by atoms with Gasteiger partial charge in [-0.2, -0.15) is 12.6 Å². The van der Waals surface area contributed by atoms with Crippen LogP contribution >= 0.6 is 24.0 Å². The topological polar surface area (TPSA) is 26.0 Å². The first-order valence-corrected chi connectivity index (χ1v) is 4.57. The Balaban J connectivity index is 2.82. The minimum absolute atomic E-state index is 0.222. The molecule has 0 fully saturated rings. The van der Waals surface area contributed by atoms with Crippen molar-refractivity contribution in [3.8, 4) is 0 Å². The largest absolute Gasteiger partial charge is 0.329 e. The molecule has 0 saturated heterocycles. The van der Waals surface area contributed by atoms with Crippen molar-refractivity contribution in [2.24, 2.45) is 5.73 Å². The van der Waals surface area contributed by atoms with Crippen LogP contribution in [0.4, 0.5) is 0 Å². The lowest BCUT2D eigenvalue weighted by molar-refractivity contribution is 0.961. The van der Waals surface area contributed by atoms with Gasteiger partial charge in [-0.15, -0.1) is 11.3 Å². The van der Waals surface area contributed by atoms with E-state index in [9.17, 15) is 0 Å². The minimum Gasteiger partial charge on any atom is -0.329 e. The van der Waals surface area contributed by atoms with Crippen LogP contribution in [0.5, 0.6) is 0 Å². The zero-order chi connectivity index (χ0) is 7.56. The number of thiol groups is 1. The lowest BCUT2D eigenvalue weighted by Gasteiger charge is -2.04. The maximum Gasteiger partial charge on any atom is 0.0486 e. The van der Waals surface area contributed by atoms with Crippen molar-refractivity contribution < 1.29 is 0 Å². The van der Waals surface area contributed by atoms with Crippen LogP contribution in [-0.2, 0) is 0 Å². The lowest BCUT2D eigenvalue weighted by Crippen LogP contribution is -2.06. The zero-order valence-corrected chi connectivity index (χ0v) is 7.58. The second-order valence-electron chi connectivity index (χ2n) is 2.22. The van der Waals surface area contributed by atoms with Gasteiger partial charge in [0.25, 0.3) is 0 Å². The van der Waals surface area contributed by atoms with Gasteiger partial charge in [-0.1, -0.05) is 0 Å². The van der Waals surface area contributed by atoms with Gasteiger partial charge in [0, 0.05) is 16.7 Å². The normalized spacial score (nSPS) is 13.5. The van der Waals surface area contributed by atoms with Crippen LogP contribution in [0, 0.1) is 6.92 Å². The lowest BCUT2D eigenvalue weighted by atomic mass is 10.2. The molecule has 0 spiro atoms. The molecule has 1 rings (SSSR count). The highest BCUT2D eigenvalue weighted by atomic mass is 32.1. The summed E-state index contributed by atoms with van der Waals surface area (Å²) in [5.74, 6) is 0. The third kappa shape index (κ3) is 1.54. The Labute approximate surface area is 70.7 Å². The summed E-state index contributed by atoms with van der Waals surface area (Å²) in [7, 11) is 0. The first-order valence-electron chi connectivity index (χ1n) is 3.18. The fourth-order valence-corrected chi connectivity index (χ4v) is 2.15. The van der Waals surface area contributed by atoms with Crippen molar-refractivity contribution in [3.63, 3.8) is 0 Å². The smallest absolute Gasteiger partial charge is 0.0486 e. The number of nitrogens with two attached hydrogens (primary N) is 1. The number of rotatable bonds is 2. The van der Waals surface area contributed by atoms with Gasteiger partial charge in [0.1, 0.15) is 0 Å². The van der Waals surface area contributed by atoms with Crippen molar-refractivity contribution in [2.45, 2.75) is 12.2 Å². The van der Waals surface area contributed by atoms with E-state index in [0.29, 0.717) is 6.54 Å². The predicted octanol–water partition coefficient (Wildman–Crippen LogP) is 1.99. The maximum atomic E-state index is 5.46. The summed E-state index contributed by atoms with van der Waals surface area (Å²) in [5.41, 5.74) is 6.76. The van der Waals surface area contributed by atoms with Crippen molar-refractivity contribution in [2.75, 3.05) is 6.54 Å². The number of aryl methyl sites for hydroxylation is 1. The minimum atomic E-state index is 0.222. The molecule has 1 nitrogen and oxygen atoms in total. The van der Waals surface area contributed by atoms with Gasteiger partial charge in [0.05, 0.1) is 0 Å². The summed E-state index contributed by atoms with van der Waals surface area (Å²) < 4.78 is 0.